The molecule has 1 N–H and O–H groups in total. The van der Waals surface area contributed by atoms with Gasteiger partial charge >= 0.3 is 0 Å². The molecule has 1 aromatic carbocycles. The van der Waals surface area contributed by atoms with Gasteiger partial charge in [0.05, 0.1) is 36.3 Å². The lowest BCUT2D eigenvalue weighted by Gasteiger charge is -2.22. The fraction of sp³-hybridized carbons (Fsp3) is 0.217. The summed E-state index contributed by atoms with van der Waals surface area (Å²) in [6, 6.07) is 9.05. The first-order valence-corrected chi connectivity index (χ1v) is 12.5. The predicted molar refractivity (Wildman–Crippen MR) is 130 cm³/mol. The maximum absolute atomic E-state index is 14.3. The number of aromatic nitrogens is 4. The minimum atomic E-state index is -4.15. The molecule has 1 aliphatic heterocycles. The molecule has 0 saturated carbocycles. The van der Waals surface area contributed by atoms with E-state index in [1.54, 1.807) is 32.2 Å². The van der Waals surface area contributed by atoms with Gasteiger partial charge in [-0.2, -0.15) is 4.98 Å². The molecule has 4 aromatic rings. The highest BCUT2D eigenvalue weighted by Gasteiger charge is 2.21. The lowest BCUT2D eigenvalue weighted by atomic mass is 9.97. The maximum Gasteiger partial charge on any atom is 0.264 e. The Bertz CT molecular complexity index is 1500. The summed E-state index contributed by atoms with van der Waals surface area (Å²) >= 11 is 0. The Hall–Kier alpha value is -3.64. The molecule has 9 nitrogen and oxygen atoms in total. The molecule has 1 saturated heterocycles. The predicted octanol–water partition coefficient (Wildman–Crippen LogP) is 1.84. The molecule has 0 radical (unpaired) electrons. The molecule has 35 heavy (non-hydrogen) atoms. The molecular weight excluding hydrogens is 472 g/mol. The quantitative estimate of drug-likeness (QED) is 0.405. The van der Waals surface area contributed by atoms with Crippen molar-refractivity contribution in [3.8, 4) is 17.1 Å². The first kappa shape index (κ1) is 23.1. The topological polar surface area (TPSA) is 116 Å². The van der Waals surface area contributed by atoms with Crippen LogP contribution in [-0.2, 0) is 14.8 Å². The van der Waals surface area contributed by atoms with Crippen LogP contribution >= 0.6 is 0 Å². The van der Waals surface area contributed by atoms with Gasteiger partial charge in [-0.25, -0.2) is 22.8 Å². The second-order valence-corrected chi connectivity index (χ2v) is 9.83. The molecule has 3 aromatic heterocycles. The van der Waals surface area contributed by atoms with Crippen LogP contribution in [0.2, 0.25) is 0 Å². The third-order valence-corrected chi connectivity index (χ3v) is 6.97. The average molecular weight is 493 g/mol. The second kappa shape index (κ2) is 9.55. The Kier molecular flexibility index (Phi) is 6.31. The van der Waals surface area contributed by atoms with Gasteiger partial charge in [0, 0.05) is 24.6 Å². The van der Waals surface area contributed by atoms with Gasteiger partial charge in [-0.15, -0.1) is 0 Å². The van der Waals surface area contributed by atoms with Crippen LogP contribution < -0.4 is 14.9 Å². The highest BCUT2D eigenvalue weighted by atomic mass is 32.2. The van der Waals surface area contributed by atoms with Gasteiger partial charge in [0.1, 0.15) is 31.0 Å². The van der Waals surface area contributed by atoms with E-state index in [2.05, 4.69) is 24.7 Å². The minimum absolute atomic E-state index is 0.0196. The third-order valence-electron chi connectivity index (χ3n) is 5.56. The standard InChI is InChI=1S/C23H21BFN5O4S/c24-15-1-4-21(18(25)10-15)35(31,32)30-16-9-14(11-26-12-16)19-2-3-20-22(29-19)23(28-13-27-20)34-17-5-7-33-8-6-17/h1-4,9-13,17,30H,5-8,24H2. The average Bonchev–Trinajstić information content (AvgIpc) is 2.84. The number of ether oxygens (including phenoxy) is 2. The number of hydrogen-bond acceptors (Lipinski definition) is 8. The second-order valence-electron chi connectivity index (χ2n) is 8.17. The van der Waals surface area contributed by atoms with Crippen LogP contribution in [0.25, 0.3) is 22.3 Å². The summed E-state index contributed by atoms with van der Waals surface area (Å²) in [7, 11) is -2.47. The van der Waals surface area contributed by atoms with E-state index in [0.717, 1.165) is 12.8 Å². The van der Waals surface area contributed by atoms with Crippen LogP contribution in [0, 0.1) is 5.82 Å². The van der Waals surface area contributed by atoms with E-state index >= 15 is 0 Å². The van der Waals surface area contributed by atoms with Crippen molar-refractivity contribution in [1.82, 2.24) is 19.9 Å². The van der Waals surface area contributed by atoms with Crippen molar-refractivity contribution in [2.24, 2.45) is 0 Å². The third kappa shape index (κ3) is 5.08. The highest BCUT2D eigenvalue weighted by Crippen LogP contribution is 2.28. The minimum Gasteiger partial charge on any atom is -0.473 e. The number of halogens is 1. The lowest BCUT2D eigenvalue weighted by molar-refractivity contribution is 0.0243. The number of pyridine rings is 2. The summed E-state index contributed by atoms with van der Waals surface area (Å²) in [6.45, 7) is 1.26. The Morgan fingerprint density at radius 2 is 1.91 bits per heavy atom. The lowest BCUT2D eigenvalue weighted by Crippen LogP contribution is -2.26. The Morgan fingerprint density at radius 3 is 2.71 bits per heavy atom. The van der Waals surface area contributed by atoms with E-state index in [0.29, 0.717) is 46.8 Å². The number of benzene rings is 1. The number of sulfonamides is 1. The van der Waals surface area contributed by atoms with Gasteiger partial charge in [0.2, 0.25) is 5.88 Å². The van der Waals surface area contributed by atoms with Crippen LogP contribution in [0.15, 0.2) is 60.0 Å². The SMILES string of the molecule is Bc1ccc(S(=O)(=O)Nc2cncc(-c3ccc4ncnc(OC5CCOCC5)c4n3)c2)c(F)c1. The van der Waals surface area contributed by atoms with E-state index in [4.69, 9.17) is 9.47 Å². The van der Waals surface area contributed by atoms with Crippen LogP contribution in [-0.4, -0.2) is 55.5 Å². The van der Waals surface area contributed by atoms with Gasteiger partial charge in [-0.05, 0) is 30.3 Å². The molecule has 12 heteroatoms. The van der Waals surface area contributed by atoms with Crippen LogP contribution in [0.5, 0.6) is 5.88 Å². The molecule has 0 unspecified atom stereocenters. The normalized spacial score (nSPS) is 14.7. The number of nitrogens with one attached hydrogen (secondary N) is 1. The Morgan fingerprint density at radius 1 is 1.09 bits per heavy atom. The Labute approximate surface area is 202 Å². The molecule has 5 rings (SSSR count). The molecule has 178 valence electrons. The van der Waals surface area contributed by atoms with Gasteiger partial charge in [0.25, 0.3) is 10.0 Å². The molecule has 1 fully saturated rings. The molecule has 0 atom stereocenters. The van der Waals surface area contributed by atoms with Crippen LogP contribution in [0.3, 0.4) is 0 Å². The monoisotopic (exact) mass is 493 g/mol. The van der Waals surface area contributed by atoms with E-state index < -0.39 is 20.7 Å². The number of fused-ring (bicyclic) bond motifs is 1. The van der Waals surface area contributed by atoms with Crippen molar-refractivity contribution in [3.63, 3.8) is 0 Å². The van der Waals surface area contributed by atoms with E-state index in [-0.39, 0.29) is 11.8 Å². The summed E-state index contributed by atoms with van der Waals surface area (Å²) < 4.78 is 53.6. The zero-order chi connectivity index (χ0) is 24.4. The van der Waals surface area contributed by atoms with Crippen molar-refractivity contribution in [3.05, 3.63) is 60.9 Å². The fourth-order valence-electron chi connectivity index (χ4n) is 3.79. The Balaban J connectivity index is 1.45. The van der Waals surface area contributed by atoms with Crippen LogP contribution in [0.4, 0.5) is 10.1 Å². The number of hydrogen-bond donors (Lipinski definition) is 1. The highest BCUT2D eigenvalue weighted by molar-refractivity contribution is 7.92. The molecule has 0 aliphatic carbocycles. The van der Waals surface area contributed by atoms with E-state index in [9.17, 15) is 12.8 Å². The number of anilines is 1. The maximum atomic E-state index is 14.3. The summed E-state index contributed by atoms with van der Waals surface area (Å²) in [5.41, 5.74) is 2.98. The van der Waals surface area contributed by atoms with Crippen molar-refractivity contribution < 1.29 is 22.3 Å². The zero-order valence-electron chi connectivity index (χ0n) is 18.8. The van der Waals surface area contributed by atoms with Crippen molar-refractivity contribution in [1.29, 1.82) is 0 Å². The van der Waals surface area contributed by atoms with Crippen LogP contribution in [0.1, 0.15) is 12.8 Å². The first-order valence-electron chi connectivity index (χ1n) is 11.0. The summed E-state index contributed by atoms with van der Waals surface area (Å²) in [5, 5.41) is 0. The smallest absolute Gasteiger partial charge is 0.264 e. The number of nitrogens with zero attached hydrogens (tertiary/aromatic N) is 4. The molecule has 0 amide bonds. The van der Waals surface area contributed by atoms with Gasteiger partial charge < -0.3 is 9.47 Å². The first-order chi connectivity index (χ1) is 16.9. The molecule has 4 heterocycles. The summed E-state index contributed by atoms with van der Waals surface area (Å²) in [4.78, 5) is 16.9. The van der Waals surface area contributed by atoms with Crippen molar-refractivity contribution >= 4 is 40.1 Å². The molecular formula is C23H21BFN5O4S. The number of rotatable bonds is 6. The van der Waals surface area contributed by atoms with Gasteiger partial charge in [-0.3, -0.25) is 9.71 Å². The van der Waals surface area contributed by atoms with E-state index in [1.165, 1.54) is 30.7 Å². The molecule has 1 aliphatic rings. The van der Waals surface area contributed by atoms with Gasteiger partial charge in [-0.1, -0.05) is 11.5 Å². The van der Waals surface area contributed by atoms with Gasteiger partial charge in [0.15, 0.2) is 5.52 Å². The largest absolute Gasteiger partial charge is 0.473 e. The van der Waals surface area contributed by atoms with Crippen molar-refractivity contribution in [2.75, 3.05) is 17.9 Å². The zero-order valence-corrected chi connectivity index (χ0v) is 19.6. The molecule has 0 bridgehead atoms. The summed E-state index contributed by atoms with van der Waals surface area (Å²) in [5.74, 6) is -0.446. The summed E-state index contributed by atoms with van der Waals surface area (Å²) in [6.07, 6.45) is 5.84. The van der Waals surface area contributed by atoms with E-state index in [1.807, 2.05) is 0 Å². The van der Waals surface area contributed by atoms with Crippen molar-refractivity contribution in [2.45, 2.75) is 23.8 Å². The fourth-order valence-corrected chi connectivity index (χ4v) is 4.88. The molecule has 0 spiro atoms.